The quantitative estimate of drug-likeness (QED) is 0.300. The number of anilines is 2. The summed E-state index contributed by atoms with van der Waals surface area (Å²) >= 11 is 3.43. The van der Waals surface area contributed by atoms with Crippen LogP contribution in [0.4, 0.5) is 15.8 Å². The summed E-state index contributed by atoms with van der Waals surface area (Å²) in [6.45, 7) is 0. The number of benzene rings is 3. The average Bonchev–Trinajstić information content (AvgIpc) is 3.58. The lowest BCUT2D eigenvalue weighted by Crippen LogP contribution is -2.25. The van der Waals surface area contributed by atoms with Gasteiger partial charge in [0.15, 0.2) is 0 Å². The molecule has 1 amide bonds. The zero-order valence-electron chi connectivity index (χ0n) is 19.0. The molecule has 0 radical (unpaired) electrons. The van der Waals surface area contributed by atoms with Gasteiger partial charge in [0.05, 0.1) is 23.2 Å². The van der Waals surface area contributed by atoms with Crippen molar-refractivity contribution in [2.24, 2.45) is 0 Å². The summed E-state index contributed by atoms with van der Waals surface area (Å²) in [6, 6.07) is 16.3. The van der Waals surface area contributed by atoms with Gasteiger partial charge in [0.1, 0.15) is 17.2 Å². The lowest BCUT2D eigenvalue weighted by molar-refractivity contribution is 0.0964. The number of nitrogens with one attached hydrogen (secondary N) is 1. The summed E-state index contributed by atoms with van der Waals surface area (Å²) in [4.78, 5) is 12.9. The molecule has 180 valence electrons. The maximum Gasteiger partial charge on any atom is 0.255 e. The first-order valence-electron chi connectivity index (χ1n) is 11.0. The Kier molecular flexibility index (Phi) is 5.93. The Morgan fingerprint density at radius 3 is 2.43 bits per heavy atom. The molecule has 4 aromatic rings. The van der Waals surface area contributed by atoms with Crippen molar-refractivity contribution >= 4 is 54.2 Å². The van der Waals surface area contributed by atoms with Gasteiger partial charge < -0.3 is 9.73 Å². The minimum absolute atomic E-state index is 0.174. The summed E-state index contributed by atoms with van der Waals surface area (Å²) in [5, 5.41) is 3.24. The van der Waals surface area contributed by atoms with Crippen LogP contribution in [0.3, 0.4) is 0 Å². The molecule has 1 saturated carbocycles. The van der Waals surface area contributed by atoms with Crippen LogP contribution >= 0.6 is 15.9 Å². The lowest BCUT2D eigenvalue weighted by atomic mass is 10.00. The Balaban J connectivity index is 1.80. The highest BCUT2D eigenvalue weighted by Gasteiger charge is 2.33. The van der Waals surface area contributed by atoms with Gasteiger partial charge in [-0.05, 0) is 72.9 Å². The molecule has 35 heavy (non-hydrogen) atoms. The molecule has 0 atom stereocenters. The van der Waals surface area contributed by atoms with Crippen LogP contribution < -0.4 is 9.62 Å². The molecule has 0 spiro atoms. The molecule has 1 fully saturated rings. The van der Waals surface area contributed by atoms with E-state index in [0.29, 0.717) is 39.2 Å². The van der Waals surface area contributed by atoms with Gasteiger partial charge in [-0.25, -0.2) is 17.1 Å². The van der Waals surface area contributed by atoms with E-state index < -0.39 is 15.8 Å². The summed E-state index contributed by atoms with van der Waals surface area (Å²) in [7, 11) is -2.18. The van der Waals surface area contributed by atoms with E-state index >= 15 is 0 Å². The number of rotatable bonds is 6. The number of fused-ring (bicyclic) bond motifs is 1. The molecule has 0 unspecified atom stereocenters. The fraction of sp³-hybridized carbons (Fsp3) is 0.192. The van der Waals surface area contributed by atoms with Crippen molar-refractivity contribution in [3.63, 3.8) is 0 Å². The third-order valence-corrected chi connectivity index (χ3v) is 7.57. The summed E-state index contributed by atoms with van der Waals surface area (Å²) in [5.74, 6) is -0.272. The van der Waals surface area contributed by atoms with Gasteiger partial charge in [-0.15, -0.1) is 0 Å². The number of carbonyl (C=O) groups is 1. The fourth-order valence-corrected chi connectivity index (χ4v) is 5.71. The van der Waals surface area contributed by atoms with E-state index in [9.17, 15) is 17.6 Å². The van der Waals surface area contributed by atoms with Gasteiger partial charge in [0.25, 0.3) is 5.91 Å². The molecule has 1 heterocycles. The van der Waals surface area contributed by atoms with E-state index in [4.69, 9.17) is 4.42 Å². The molecule has 6 nitrogen and oxygen atoms in total. The number of hydrogen-bond donors (Lipinski definition) is 1. The highest BCUT2D eigenvalue weighted by molar-refractivity contribution is 9.10. The maximum absolute atomic E-state index is 13.5. The Labute approximate surface area is 210 Å². The molecule has 1 aliphatic carbocycles. The van der Waals surface area contributed by atoms with E-state index in [1.165, 1.54) is 23.5 Å². The Morgan fingerprint density at radius 1 is 1.11 bits per heavy atom. The van der Waals surface area contributed by atoms with Crippen LogP contribution in [0.2, 0.25) is 0 Å². The van der Waals surface area contributed by atoms with Crippen molar-refractivity contribution in [2.45, 2.75) is 18.8 Å². The van der Waals surface area contributed by atoms with Gasteiger partial charge >= 0.3 is 0 Å². The number of nitrogens with zero attached hydrogens (tertiary/aromatic N) is 1. The van der Waals surface area contributed by atoms with E-state index in [-0.39, 0.29) is 11.8 Å². The van der Waals surface area contributed by atoms with Crippen LogP contribution in [0.15, 0.2) is 69.6 Å². The van der Waals surface area contributed by atoms with E-state index in [1.54, 1.807) is 36.4 Å². The van der Waals surface area contributed by atoms with Crippen molar-refractivity contribution in [2.75, 3.05) is 17.6 Å². The van der Waals surface area contributed by atoms with Crippen molar-refractivity contribution in [1.29, 1.82) is 0 Å². The minimum Gasteiger partial charge on any atom is -0.455 e. The molecule has 1 aromatic heterocycles. The van der Waals surface area contributed by atoms with Crippen LogP contribution in [0.1, 0.15) is 34.7 Å². The zero-order chi connectivity index (χ0) is 24.9. The second kappa shape index (κ2) is 8.80. The number of carbonyl (C=O) groups excluding carboxylic acids is 1. The minimum atomic E-state index is -3.72. The SMILES string of the molecule is CNC(=O)c1c(-c2ccc(F)cc2)oc2cc(N(c3cccc(Br)c3)S(C)(=O)=O)c(C3CC3)cc12. The van der Waals surface area contributed by atoms with Gasteiger partial charge in [-0.1, -0.05) is 22.0 Å². The van der Waals surface area contributed by atoms with Gasteiger partial charge in [0, 0.05) is 28.5 Å². The molecular weight excluding hydrogens is 535 g/mol. The Hall–Kier alpha value is -3.17. The van der Waals surface area contributed by atoms with Crippen LogP contribution in [0, 0.1) is 5.82 Å². The zero-order valence-corrected chi connectivity index (χ0v) is 21.4. The summed E-state index contributed by atoms with van der Waals surface area (Å²) in [5.41, 5.74) is 3.05. The van der Waals surface area contributed by atoms with Crippen LogP contribution in [-0.4, -0.2) is 27.6 Å². The van der Waals surface area contributed by atoms with Crippen molar-refractivity contribution in [3.8, 4) is 11.3 Å². The van der Waals surface area contributed by atoms with Crippen molar-refractivity contribution < 1.29 is 22.0 Å². The normalized spacial score (nSPS) is 13.7. The first-order chi connectivity index (χ1) is 16.7. The predicted molar refractivity (Wildman–Crippen MR) is 138 cm³/mol. The predicted octanol–water partition coefficient (Wildman–Crippen LogP) is 6.34. The molecule has 0 aliphatic heterocycles. The first kappa shape index (κ1) is 23.6. The largest absolute Gasteiger partial charge is 0.455 e. The highest BCUT2D eigenvalue weighted by Crippen LogP contribution is 2.49. The standard InChI is InChI=1S/C26H22BrFN2O4S/c1-29-26(31)24-21-13-20(15-6-7-15)22(30(35(2,32)33)19-5-3-4-17(27)12-19)14-23(21)34-25(24)16-8-10-18(28)11-9-16/h3-5,8-15H,6-7H2,1-2H3,(H,29,31). The number of halogens is 2. The van der Waals surface area contributed by atoms with E-state index in [1.807, 2.05) is 12.1 Å². The number of furan rings is 1. The second-order valence-corrected chi connectivity index (χ2v) is 11.3. The number of hydrogen-bond acceptors (Lipinski definition) is 4. The number of amides is 1. The van der Waals surface area contributed by atoms with Gasteiger partial charge in [0.2, 0.25) is 10.0 Å². The van der Waals surface area contributed by atoms with Crippen molar-refractivity contribution in [3.05, 3.63) is 82.1 Å². The van der Waals surface area contributed by atoms with Gasteiger partial charge in [-0.3, -0.25) is 4.79 Å². The van der Waals surface area contributed by atoms with Crippen molar-refractivity contribution in [1.82, 2.24) is 5.32 Å². The lowest BCUT2D eigenvalue weighted by Gasteiger charge is -2.25. The third-order valence-electron chi connectivity index (χ3n) is 6.01. The third kappa shape index (κ3) is 4.46. The Morgan fingerprint density at radius 2 is 1.83 bits per heavy atom. The van der Waals surface area contributed by atoms with Crippen LogP contribution in [0.25, 0.3) is 22.3 Å². The fourth-order valence-electron chi connectivity index (χ4n) is 4.31. The molecule has 0 saturated heterocycles. The molecule has 5 rings (SSSR count). The molecule has 1 N–H and O–H groups in total. The highest BCUT2D eigenvalue weighted by atomic mass is 79.9. The number of sulfonamides is 1. The molecule has 9 heteroatoms. The molecular formula is C26H22BrFN2O4S. The smallest absolute Gasteiger partial charge is 0.255 e. The Bertz CT molecular complexity index is 1560. The van der Waals surface area contributed by atoms with E-state index in [2.05, 4.69) is 21.2 Å². The van der Waals surface area contributed by atoms with Crippen LogP contribution in [0.5, 0.6) is 0 Å². The average molecular weight is 557 g/mol. The van der Waals surface area contributed by atoms with E-state index in [0.717, 1.165) is 29.1 Å². The topological polar surface area (TPSA) is 79.6 Å². The first-order valence-corrected chi connectivity index (χ1v) is 13.7. The van der Waals surface area contributed by atoms with Gasteiger partial charge in [-0.2, -0.15) is 0 Å². The molecule has 0 bridgehead atoms. The van der Waals surface area contributed by atoms with Crippen LogP contribution in [-0.2, 0) is 10.0 Å². The maximum atomic E-state index is 13.5. The summed E-state index contributed by atoms with van der Waals surface area (Å²) in [6.07, 6.45) is 3.01. The molecule has 1 aliphatic rings. The summed E-state index contributed by atoms with van der Waals surface area (Å²) < 4.78 is 47.8. The molecule has 3 aromatic carbocycles. The second-order valence-electron chi connectivity index (χ2n) is 8.58. The monoisotopic (exact) mass is 556 g/mol.